The number of carbonyl (C=O) groups excluding carboxylic acids is 1. The summed E-state index contributed by atoms with van der Waals surface area (Å²) < 4.78 is 0. The van der Waals surface area contributed by atoms with E-state index < -0.39 is 0 Å². The van der Waals surface area contributed by atoms with Gasteiger partial charge in [0.1, 0.15) is 5.75 Å². The summed E-state index contributed by atoms with van der Waals surface area (Å²) in [5.41, 5.74) is 2.48. The Bertz CT molecular complexity index is 626. The average molecular weight is 284 g/mol. The van der Waals surface area contributed by atoms with E-state index >= 15 is 0 Å². The maximum atomic E-state index is 11.4. The highest BCUT2D eigenvalue weighted by Gasteiger charge is 2.09. The molecule has 0 aliphatic heterocycles. The van der Waals surface area contributed by atoms with E-state index in [1.165, 1.54) is 0 Å². The monoisotopic (exact) mass is 284 g/mol. The van der Waals surface area contributed by atoms with Gasteiger partial charge in [-0.1, -0.05) is 31.2 Å². The van der Waals surface area contributed by atoms with Crippen LogP contribution in [0.4, 0.5) is 11.4 Å². The topological polar surface area (TPSA) is 61.4 Å². The Morgan fingerprint density at radius 3 is 2.57 bits per heavy atom. The first-order valence-corrected chi connectivity index (χ1v) is 7.04. The summed E-state index contributed by atoms with van der Waals surface area (Å²) in [5, 5.41) is 16.0. The molecule has 21 heavy (non-hydrogen) atoms. The Kier molecular flexibility index (Phi) is 4.82. The summed E-state index contributed by atoms with van der Waals surface area (Å²) in [6.45, 7) is 3.80. The molecule has 0 aromatic heterocycles. The minimum atomic E-state index is -0.0386. The predicted octanol–water partition coefficient (Wildman–Crippen LogP) is 3.91. The van der Waals surface area contributed by atoms with Gasteiger partial charge in [-0.2, -0.15) is 0 Å². The molecule has 2 rings (SSSR count). The maximum Gasteiger partial charge on any atom is 0.224 e. The number of nitrogens with one attached hydrogen (secondary N) is 2. The molecule has 0 bridgehead atoms. The fraction of sp³-hybridized carbons (Fsp3) is 0.235. The van der Waals surface area contributed by atoms with Crippen molar-refractivity contribution in [2.45, 2.75) is 26.3 Å². The Hall–Kier alpha value is -2.49. The molecule has 4 nitrogen and oxygen atoms in total. The fourth-order valence-corrected chi connectivity index (χ4v) is 2.12. The highest BCUT2D eigenvalue weighted by Crippen LogP contribution is 2.27. The Morgan fingerprint density at radius 1 is 1.14 bits per heavy atom. The number of amides is 1. The summed E-state index contributed by atoms with van der Waals surface area (Å²) in [6.07, 6.45) is 0.450. The number of carbonyl (C=O) groups is 1. The van der Waals surface area contributed by atoms with Crippen LogP contribution in [-0.2, 0) is 4.79 Å². The Morgan fingerprint density at radius 2 is 1.86 bits per heavy atom. The molecule has 0 fully saturated rings. The lowest BCUT2D eigenvalue weighted by atomic mass is 10.1. The van der Waals surface area contributed by atoms with Crippen LogP contribution in [0.1, 0.15) is 31.9 Å². The van der Waals surface area contributed by atoms with Crippen LogP contribution < -0.4 is 10.6 Å². The molecule has 0 spiro atoms. The lowest BCUT2D eigenvalue weighted by Gasteiger charge is -2.17. The highest BCUT2D eigenvalue weighted by molar-refractivity contribution is 5.90. The van der Waals surface area contributed by atoms with Crippen molar-refractivity contribution in [3.05, 3.63) is 54.1 Å². The third-order valence-corrected chi connectivity index (χ3v) is 3.25. The van der Waals surface area contributed by atoms with E-state index in [4.69, 9.17) is 0 Å². The number of aromatic hydroxyl groups is 1. The summed E-state index contributed by atoms with van der Waals surface area (Å²) in [7, 11) is 0. The Balaban J connectivity index is 2.11. The van der Waals surface area contributed by atoms with Crippen LogP contribution in [0.5, 0.6) is 5.75 Å². The van der Waals surface area contributed by atoms with Crippen LogP contribution in [0.15, 0.2) is 48.5 Å². The van der Waals surface area contributed by atoms with Crippen LogP contribution in [0.25, 0.3) is 0 Å². The number of anilines is 2. The second-order valence-electron chi connectivity index (χ2n) is 4.91. The molecule has 0 radical (unpaired) electrons. The molecule has 0 heterocycles. The number of rotatable bonds is 5. The van der Waals surface area contributed by atoms with Crippen molar-refractivity contribution in [1.29, 1.82) is 0 Å². The molecular formula is C17H20N2O2. The van der Waals surface area contributed by atoms with Crippen molar-refractivity contribution in [3.63, 3.8) is 0 Å². The minimum Gasteiger partial charge on any atom is -0.508 e. The zero-order valence-corrected chi connectivity index (χ0v) is 12.3. The van der Waals surface area contributed by atoms with E-state index in [9.17, 15) is 9.90 Å². The maximum absolute atomic E-state index is 11.4. The molecule has 2 aromatic rings. The van der Waals surface area contributed by atoms with Gasteiger partial charge in [-0.3, -0.25) is 4.79 Å². The second kappa shape index (κ2) is 6.79. The van der Waals surface area contributed by atoms with E-state index in [1.54, 1.807) is 12.1 Å². The molecule has 2 aromatic carbocycles. The van der Waals surface area contributed by atoms with Gasteiger partial charge in [-0.15, -0.1) is 0 Å². The van der Waals surface area contributed by atoms with Crippen molar-refractivity contribution in [1.82, 2.24) is 0 Å². The van der Waals surface area contributed by atoms with Crippen LogP contribution >= 0.6 is 0 Å². The summed E-state index contributed by atoms with van der Waals surface area (Å²) in [5.74, 6) is 0.258. The summed E-state index contributed by atoms with van der Waals surface area (Å²) in [4.78, 5) is 11.4. The van der Waals surface area contributed by atoms with E-state index in [2.05, 4.69) is 10.6 Å². The average Bonchev–Trinajstić information content (AvgIpc) is 2.47. The molecule has 1 amide bonds. The van der Waals surface area contributed by atoms with Crippen LogP contribution in [0, 0.1) is 0 Å². The van der Waals surface area contributed by atoms with Gasteiger partial charge in [0.2, 0.25) is 5.91 Å². The number of hydrogen-bond donors (Lipinski definition) is 3. The zero-order chi connectivity index (χ0) is 15.2. The van der Waals surface area contributed by atoms with Gasteiger partial charge in [0, 0.05) is 23.4 Å². The van der Waals surface area contributed by atoms with Crippen molar-refractivity contribution in [2.24, 2.45) is 0 Å². The van der Waals surface area contributed by atoms with Crippen molar-refractivity contribution in [3.8, 4) is 5.75 Å². The number of benzene rings is 2. The summed E-state index contributed by atoms with van der Waals surface area (Å²) >= 11 is 0. The van der Waals surface area contributed by atoms with Gasteiger partial charge in [0.25, 0.3) is 0 Å². The van der Waals surface area contributed by atoms with Gasteiger partial charge in [0.15, 0.2) is 0 Å². The van der Waals surface area contributed by atoms with Crippen molar-refractivity contribution in [2.75, 3.05) is 10.6 Å². The predicted molar refractivity (Wildman–Crippen MR) is 85.5 cm³/mol. The number of hydrogen-bond acceptors (Lipinski definition) is 3. The molecule has 4 heteroatoms. The third kappa shape index (κ3) is 3.99. The fourth-order valence-electron chi connectivity index (χ4n) is 2.12. The SMILES string of the molecule is CCC(=O)Nc1cccc(NC(C)c2ccccc2O)c1. The van der Waals surface area contributed by atoms with Crippen LogP contribution in [0.3, 0.4) is 0 Å². The van der Waals surface area contributed by atoms with E-state index in [-0.39, 0.29) is 17.7 Å². The zero-order valence-electron chi connectivity index (χ0n) is 12.3. The number of para-hydroxylation sites is 1. The van der Waals surface area contributed by atoms with Crippen molar-refractivity contribution < 1.29 is 9.90 Å². The van der Waals surface area contributed by atoms with Gasteiger partial charge in [0.05, 0.1) is 6.04 Å². The molecular weight excluding hydrogens is 264 g/mol. The van der Waals surface area contributed by atoms with E-state index in [0.29, 0.717) is 6.42 Å². The molecule has 0 aliphatic rings. The van der Waals surface area contributed by atoms with E-state index in [0.717, 1.165) is 16.9 Å². The first-order chi connectivity index (χ1) is 10.1. The first kappa shape index (κ1) is 14.9. The normalized spacial score (nSPS) is 11.7. The van der Waals surface area contributed by atoms with Crippen LogP contribution in [-0.4, -0.2) is 11.0 Å². The van der Waals surface area contributed by atoms with Crippen molar-refractivity contribution >= 4 is 17.3 Å². The first-order valence-electron chi connectivity index (χ1n) is 7.04. The molecule has 3 N–H and O–H groups in total. The largest absolute Gasteiger partial charge is 0.508 e. The Labute approximate surface area is 124 Å². The number of phenols is 1. The number of phenolic OH excluding ortho intramolecular Hbond substituents is 1. The smallest absolute Gasteiger partial charge is 0.224 e. The highest BCUT2D eigenvalue weighted by atomic mass is 16.3. The molecule has 1 atom stereocenters. The third-order valence-electron chi connectivity index (χ3n) is 3.25. The van der Waals surface area contributed by atoms with Gasteiger partial charge in [-0.25, -0.2) is 0 Å². The van der Waals surface area contributed by atoms with Gasteiger partial charge >= 0.3 is 0 Å². The van der Waals surface area contributed by atoms with E-state index in [1.807, 2.05) is 50.2 Å². The minimum absolute atomic E-state index is 0.0131. The molecule has 0 saturated heterocycles. The molecule has 0 saturated carbocycles. The van der Waals surface area contributed by atoms with Gasteiger partial charge in [-0.05, 0) is 31.2 Å². The van der Waals surface area contributed by atoms with Crippen LogP contribution in [0.2, 0.25) is 0 Å². The second-order valence-corrected chi connectivity index (χ2v) is 4.91. The lowest BCUT2D eigenvalue weighted by Crippen LogP contribution is -2.10. The lowest BCUT2D eigenvalue weighted by molar-refractivity contribution is -0.115. The van der Waals surface area contributed by atoms with Gasteiger partial charge < -0.3 is 15.7 Å². The standard InChI is InChI=1S/C17H20N2O2/c1-3-17(21)19-14-8-6-7-13(11-14)18-12(2)15-9-4-5-10-16(15)20/h4-12,18,20H,3H2,1-2H3,(H,19,21). The molecule has 110 valence electrons. The quantitative estimate of drug-likeness (QED) is 0.780. The molecule has 0 aliphatic carbocycles. The summed E-state index contributed by atoms with van der Waals surface area (Å²) in [6, 6.07) is 14.7. The molecule has 1 unspecified atom stereocenters.